The van der Waals surface area contributed by atoms with Crippen LogP contribution in [0.15, 0.2) is 0 Å². The van der Waals surface area contributed by atoms with Gasteiger partial charge in [0.2, 0.25) is 0 Å². The summed E-state index contributed by atoms with van der Waals surface area (Å²) in [5.74, 6) is 0. The third kappa shape index (κ3) is 37.2. The second-order valence-electron chi connectivity index (χ2n) is 11.6. The molecule has 0 aliphatic rings. The van der Waals surface area contributed by atoms with Crippen LogP contribution in [0.1, 0.15) is 221 Å². The van der Waals surface area contributed by atoms with Crippen molar-refractivity contribution in [3.63, 3.8) is 0 Å². The van der Waals surface area contributed by atoms with Crippen molar-refractivity contribution in [1.82, 2.24) is 0 Å². The average Bonchev–Trinajstić information content (AvgIpc) is 2.85. The standard InChI is InChI=1S/C34H70.Na.H/c1-3-5-7-9-11-13-15-17-19-21-23-25-27-29-31-33-34-32-30-28-26-24-22-20-18-16-14-12-10-8-6-4-2;;/h3-34H2,1-2H3;;/q;+1;-1. The fourth-order valence-electron chi connectivity index (χ4n) is 5.45. The van der Waals surface area contributed by atoms with Crippen molar-refractivity contribution < 1.29 is 31.0 Å². The van der Waals surface area contributed by atoms with Crippen molar-refractivity contribution in [3.8, 4) is 0 Å². The summed E-state index contributed by atoms with van der Waals surface area (Å²) >= 11 is 0. The molecule has 0 radical (unpaired) electrons. The summed E-state index contributed by atoms with van der Waals surface area (Å²) in [6, 6.07) is 0. The molecule has 0 aromatic heterocycles. The second-order valence-corrected chi connectivity index (χ2v) is 11.6. The van der Waals surface area contributed by atoms with Crippen molar-refractivity contribution in [1.29, 1.82) is 0 Å². The molecule has 0 atom stereocenters. The van der Waals surface area contributed by atoms with Gasteiger partial charge in [-0.05, 0) is 0 Å². The van der Waals surface area contributed by atoms with E-state index in [0.29, 0.717) is 0 Å². The third-order valence-electron chi connectivity index (χ3n) is 7.96. The molecular formula is C34H71Na. The Morgan fingerprint density at radius 2 is 0.286 bits per heavy atom. The van der Waals surface area contributed by atoms with Crippen molar-refractivity contribution in [2.45, 2.75) is 219 Å². The molecular weight excluding hydrogens is 431 g/mol. The zero-order valence-corrected chi connectivity index (χ0v) is 27.6. The Morgan fingerprint density at radius 1 is 0.200 bits per heavy atom. The fourth-order valence-corrected chi connectivity index (χ4v) is 5.45. The van der Waals surface area contributed by atoms with Gasteiger partial charge in [-0.25, -0.2) is 0 Å². The maximum Gasteiger partial charge on any atom is 1.00 e. The molecule has 35 heavy (non-hydrogen) atoms. The largest absolute Gasteiger partial charge is 1.00 e. The zero-order chi connectivity index (χ0) is 24.6. The van der Waals surface area contributed by atoms with Crippen molar-refractivity contribution in [2.24, 2.45) is 0 Å². The van der Waals surface area contributed by atoms with E-state index < -0.39 is 0 Å². The Hall–Kier alpha value is 1.00. The van der Waals surface area contributed by atoms with Crippen LogP contribution in [0.5, 0.6) is 0 Å². The molecule has 0 rings (SSSR count). The quantitative estimate of drug-likeness (QED) is 0.0653. The van der Waals surface area contributed by atoms with E-state index >= 15 is 0 Å². The van der Waals surface area contributed by atoms with Gasteiger partial charge in [-0.2, -0.15) is 0 Å². The maximum absolute atomic E-state index is 2.31. The molecule has 0 spiro atoms. The summed E-state index contributed by atoms with van der Waals surface area (Å²) in [4.78, 5) is 0. The van der Waals surface area contributed by atoms with Crippen LogP contribution in [0, 0.1) is 0 Å². The minimum Gasteiger partial charge on any atom is -1.00 e. The van der Waals surface area contributed by atoms with E-state index in [1.54, 1.807) is 0 Å². The van der Waals surface area contributed by atoms with E-state index in [1.807, 2.05) is 0 Å². The van der Waals surface area contributed by atoms with Gasteiger partial charge in [-0.15, -0.1) is 0 Å². The summed E-state index contributed by atoms with van der Waals surface area (Å²) in [5.41, 5.74) is 0. The van der Waals surface area contributed by atoms with Gasteiger partial charge in [0, 0.05) is 0 Å². The molecule has 0 aromatic rings. The van der Waals surface area contributed by atoms with Gasteiger partial charge in [0.15, 0.2) is 0 Å². The summed E-state index contributed by atoms with van der Waals surface area (Å²) in [6.07, 6.45) is 47.4. The Morgan fingerprint density at radius 3 is 0.371 bits per heavy atom. The fraction of sp³-hybridized carbons (Fsp3) is 1.00. The second kappa shape index (κ2) is 37.2. The molecule has 0 saturated heterocycles. The van der Waals surface area contributed by atoms with Crippen LogP contribution in [0.4, 0.5) is 0 Å². The Balaban J connectivity index is -0.00000544. The smallest absolute Gasteiger partial charge is 1.00 e. The third-order valence-corrected chi connectivity index (χ3v) is 7.96. The SMILES string of the molecule is CCCCCCCCCCCCCCCCCCCCCCCCCCCCCCCCCC.[H-].[Na+]. The molecule has 0 saturated carbocycles. The van der Waals surface area contributed by atoms with Gasteiger partial charge < -0.3 is 1.43 Å². The van der Waals surface area contributed by atoms with Gasteiger partial charge in [0.05, 0.1) is 0 Å². The van der Waals surface area contributed by atoms with Gasteiger partial charge in [0.25, 0.3) is 0 Å². The van der Waals surface area contributed by atoms with Crippen LogP contribution < -0.4 is 29.6 Å². The van der Waals surface area contributed by atoms with Crippen molar-refractivity contribution in [3.05, 3.63) is 0 Å². The minimum atomic E-state index is 0. The molecule has 0 aromatic carbocycles. The van der Waals surface area contributed by atoms with E-state index in [9.17, 15) is 0 Å². The van der Waals surface area contributed by atoms with Crippen LogP contribution >= 0.6 is 0 Å². The van der Waals surface area contributed by atoms with Gasteiger partial charge >= 0.3 is 29.6 Å². The van der Waals surface area contributed by atoms with E-state index in [0.717, 1.165) is 0 Å². The van der Waals surface area contributed by atoms with E-state index in [-0.39, 0.29) is 31.0 Å². The van der Waals surface area contributed by atoms with Crippen molar-refractivity contribution >= 4 is 0 Å². The molecule has 0 bridgehead atoms. The minimum absolute atomic E-state index is 0. The van der Waals surface area contributed by atoms with E-state index in [1.165, 1.54) is 205 Å². The molecule has 0 amide bonds. The first-order valence-electron chi connectivity index (χ1n) is 16.9. The number of rotatable bonds is 31. The predicted molar refractivity (Wildman–Crippen MR) is 160 cm³/mol. The molecule has 208 valence electrons. The maximum atomic E-state index is 2.31. The molecule has 0 aliphatic carbocycles. The Bertz CT molecular complexity index is 301. The summed E-state index contributed by atoms with van der Waals surface area (Å²) in [5, 5.41) is 0. The first kappa shape index (κ1) is 38.1. The van der Waals surface area contributed by atoms with Crippen LogP contribution in [-0.4, -0.2) is 0 Å². The van der Waals surface area contributed by atoms with Crippen molar-refractivity contribution in [2.75, 3.05) is 0 Å². The molecule has 0 fully saturated rings. The molecule has 0 heterocycles. The summed E-state index contributed by atoms with van der Waals surface area (Å²) < 4.78 is 0. The van der Waals surface area contributed by atoms with Crippen LogP contribution in [0.3, 0.4) is 0 Å². The number of hydrogen-bond donors (Lipinski definition) is 0. The molecule has 0 nitrogen and oxygen atoms in total. The topological polar surface area (TPSA) is 0 Å². The van der Waals surface area contributed by atoms with Crippen LogP contribution in [-0.2, 0) is 0 Å². The van der Waals surface area contributed by atoms with Gasteiger partial charge in [-0.3, -0.25) is 0 Å². The first-order chi connectivity index (χ1) is 16.9. The molecule has 1 heteroatoms. The van der Waals surface area contributed by atoms with Crippen LogP contribution in [0.2, 0.25) is 0 Å². The molecule has 0 unspecified atom stereocenters. The van der Waals surface area contributed by atoms with Gasteiger partial charge in [-0.1, -0.05) is 219 Å². The number of unbranched alkanes of at least 4 members (excludes halogenated alkanes) is 31. The first-order valence-corrected chi connectivity index (χ1v) is 16.9. The van der Waals surface area contributed by atoms with E-state index in [4.69, 9.17) is 0 Å². The van der Waals surface area contributed by atoms with E-state index in [2.05, 4.69) is 13.8 Å². The normalized spacial score (nSPS) is 11.1. The monoisotopic (exact) mass is 503 g/mol. The molecule has 0 aliphatic heterocycles. The number of hydrogen-bond acceptors (Lipinski definition) is 0. The predicted octanol–water partition coefficient (Wildman–Crippen LogP) is 10.6. The summed E-state index contributed by atoms with van der Waals surface area (Å²) in [6.45, 7) is 4.62. The summed E-state index contributed by atoms with van der Waals surface area (Å²) in [7, 11) is 0. The average molecular weight is 503 g/mol. The van der Waals surface area contributed by atoms with Gasteiger partial charge in [0.1, 0.15) is 0 Å². The Labute approximate surface area is 249 Å². The zero-order valence-electron chi connectivity index (χ0n) is 26.6. The Kier molecular flexibility index (Phi) is 40.5. The van der Waals surface area contributed by atoms with Crippen LogP contribution in [0.25, 0.3) is 0 Å². The molecule has 0 N–H and O–H groups in total.